The van der Waals surface area contributed by atoms with Crippen LogP contribution in [0.5, 0.6) is 0 Å². The first-order valence-electron chi connectivity index (χ1n) is 4.47. The van der Waals surface area contributed by atoms with E-state index in [2.05, 4.69) is 33.4 Å². The molecule has 0 N–H and O–H groups in total. The molecular weight excluding hydrogens is 176 g/mol. The van der Waals surface area contributed by atoms with Crippen LogP contribution in [-0.4, -0.2) is 0 Å². The number of rotatable bonds is 3. The van der Waals surface area contributed by atoms with Crippen LogP contribution >= 0.6 is 11.8 Å². The van der Waals surface area contributed by atoms with Gasteiger partial charge in [0.05, 0.1) is 0 Å². The topological polar surface area (TPSA) is 0 Å². The van der Waals surface area contributed by atoms with Gasteiger partial charge >= 0.3 is 0 Å². The van der Waals surface area contributed by atoms with Crippen LogP contribution < -0.4 is 0 Å². The van der Waals surface area contributed by atoms with Gasteiger partial charge in [0, 0.05) is 4.91 Å². The molecule has 0 saturated heterocycles. The normalized spacial score (nSPS) is 17.8. The van der Waals surface area contributed by atoms with Crippen molar-refractivity contribution in [1.29, 1.82) is 0 Å². The Labute approximate surface area is 85.1 Å². The van der Waals surface area contributed by atoms with E-state index in [1.807, 2.05) is 23.9 Å². The average Bonchev–Trinajstić information content (AvgIpc) is 2.30. The van der Waals surface area contributed by atoms with Gasteiger partial charge in [-0.05, 0) is 38.2 Å². The van der Waals surface area contributed by atoms with Gasteiger partial charge in [-0.2, -0.15) is 0 Å². The van der Waals surface area contributed by atoms with Crippen molar-refractivity contribution in [2.24, 2.45) is 0 Å². The fourth-order valence-electron chi connectivity index (χ4n) is 1.39. The Morgan fingerprint density at radius 3 is 2.69 bits per heavy atom. The highest BCUT2D eigenvalue weighted by Crippen LogP contribution is 2.36. The van der Waals surface area contributed by atoms with Crippen molar-refractivity contribution in [2.75, 3.05) is 0 Å². The van der Waals surface area contributed by atoms with Crippen molar-refractivity contribution < 1.29 is 0 Å². The van der Waals surface area contributed by atoms with Crippen molar-refractivity contribution in [1.82, 2.24) is 0 Å². The van der Waals surface area contributed by atoms with Crippen LogP contribution in [0.1, 0.15) is 27.2 Å². The molecule has 0 bridgehead atoms. The minimum atomic E-state index is 1.14. The lowest BCUT2D eigenvalue weighted by Gasteiger charge is -2.01. The summed E-state index contributed by atoms with van der Waals surface area (Å²) in [6, 6.07) is 0. The van der Waals surface area contributed by atoms with Gasteiger partial charge in [-0.3, -0.25) is 0 Å². The van der Waals surface area contributed by atoms with Crippen LogP contribution in [0.15, 0.2) is 45.8 Å². The Hall–Kier alpha value is -0.690. The highest BCUT2D eigenvalue weighted by Gasteiger charge is 2.09. The van der Waals surface area contributed by atoms with Gasteiger partial charge in [0.1, 0.15) is 0 Å². The van der Waals surface area contributed by atoms with Gasteiger partial charge in [0.2, 0.25) is 0 Å². The van der Waals surface area contributed by atoms with E-state index < -0.39 is 0 Å². The van der Waals surface area contributed by atoms with Gasteiger partial charge < -0.3 is 0 Å². The smallest absolute Gasteiger partial charge is 0.0110 e. The molecule has 1 aliphatic carbocycles. The van der Waals surface area contributed by atoms with E-state index in [0.717, 1.165) is 6.42 Å². The van der Waals surface area contributed by atoms with Gasteiger partial charge in [-0.25, -0.2) is 0 Å². The summed E-state index contributed by atoms with van der Waals surface area (Å²) >= 11 is 1.84. The molecule has 0 saturated carbocycles. The quantitative estimate of drug-likeness (QED) is 0.596. The van der Waals surface area contributed by atoms with Crippen LogP contribution in [0.25, 0.3) is 0 Å². The lowest BCUT2D eigenvalue weighted by atomic mass is 10.2. The standard InChI is InChI=1S/C12H16S/c1-5-6-11(4)13-12-8-9(2)7-10(12)3/h5-6,8H,1,7H2,2-4H3/b11-6+. The Morgan fingerprint density at radius 1 is 1.54 bits per heavy atom. The van der Waals surface area contributed by atoms with E-state index in [9.17, 15) is 0 Å². The van der Waals surface area contributed by atoms with E-state index in [1.165, 1.54) is 21.0 Å². The van der Waals surface area contributed by atoms with E-state index in [0.29, 0.717) is 0 Å². The van der Waals surface area contributed by atoms with Crippen molar-refractivity contribution in [3.8, 4) is 0 Å². The van der Waals surface area contributed by atoms with Crippen molar-refractivity contribution >= 4 is 11.8 Å². The van der Waals surface area contributed by atoms with Crippen molar-refractivity contribution in [2.45, 2.75) is 27.2 Å². The van der Waals surface area contributed by atoms with E-state index in [-0.39, 0.29) is 0 Å². The van der Waals surface area contributed by atoms with Crippen LogP contribution in [0.3, 0.4) is 0 Å². The number of hydrogen-bond donors (Lipinski definition) is 0. The summed E-state index contributed by atoms with van der Waals surface area (Å²) in [6.07, 6.45) is 7.31. The summed E-state index contributed by atoms with van der Waals surface area (Å²) in [5.74, 6) is 0. The molecule has 1 aliphatic rings. The Kier molecular flexibility index (Phi) is 3.61. The molecule has 0 nitrogen and oxygen atoms in total. The molecule has 70 valence electrons. The second-order valence-electron chi connectivity index (χ2n) is 3.43. The third kappa shape index (κ3) is 2.92. The maximum Gasteiger partial charge on any atom is 0.0110 e. The molecule has 0 heterocycles. The third-order valence-electron chi connectivity index (χ3n) is 1.97. The van der Waals surface area contributed by atoms with Crippen molar-refractivity contribution in [3.05, 3.63) is 45.8 Å². The Morgan fingerprint density at radius 2 is 2.23 bits per heavy atom. The summed E-state index contributed by atoms with van der Waals surface area (Å²) in [6.45, 7) is 10.2. The molecule has 0 spiro atoms. The maximum absolute atomic E-state index is 3.69. The fourth-order valence-corrected chi connectivity index (χ4v) is 2.41. The molecule has 0 fully saturated rings. The zero-order valence-electron chi connectivity index (χ0n) is 8.55. The SMILES string of the molecule is C=C/C=C(\C)SC1=C(C)CC(C)=C1. The summed E-state index contributed by atoms with van der Waals surface area (Å²) in [5, 5.41) is 0. The second kappa shape index (κ2) is 4.52. The van der Waals surface area contributed by atoms with E-state index in [1.54, 1.807) is 0 Å². The number of allylic oxidation sites excluding steroid dienone is 6. The molecular formula is C12H16S. The highest BCUT2D eigenvalue weighted by molar-refractivity contribution is 8.06. The Bertz CT molecular complexity index is 303. The second-order valence-corrected chi connectivity index (χ2v) is 4.72. The molecule has 0 aromatic carbocycles. The summed E-state index contributed by atoms with van der Waals surface area (Å²) in [5.41, 5.74) is 2.95. The van der Waals surface area contributed by atoms with Crippen molar-refractivity contribution in [3.63, 3.8) is 0 Å². The monoisotopic (exact) mass is 192 g/mol. The van der Waals surface area contributed by atoms with Crippen LogP contribution in [0.2, 0.25) is 0 Å². The number of thioether (sulfide) groups is 1. The van der Waals surface area contributed by atoms with E-state index >= 15 is 0 Å². The zero-order chi connectivity index (χ0) is 9.84. The predicted molar refractivity (Wildman–Crippen MR) is 62.6 cm³/mol. The minimum Gasteiger partial charge on any atom is -0.0990 e. The zero-order valence-corrected chi connectivity index (χ0v) is 9.37. The fraction of sp³-hybridized carbons (Fsp3) is 0.333. The van der Waals surface area contributed by atoms with Gasteiger partial charge in [-0.15, -0.1) is 0 Å². The summed E-state index contributed by atoms with van der Waals surface area (Å²) in [4.78, 5) is 2.71. The van der Waals surface area contributed by atoms with Gasteiger partial charge in [0.15, 0.2) is 0 Å². The molecule has 13 heavy (non-hydrogen) atoms. The first-order chi connectivity index (χ1) is 6.13. The lowest BCUT2D eigenvalue weighted by Crippen LogP contribution is -1.74. The molecule has 0 radical (unpaired) electrons. The molecule has 0 aliphatic heterocycles. The minimum absolute atomic E-state index is 1.14. The number of hydrogen-bond acceptors (Lipinski definition) is 1. The van der Waals surface area contributed by atoms with Gasteiger partial charge in [-0.1, -0.05) is 41.6 Å². The molecule has 0 atom stereocenters. The van der Waals surface area contributed by atoms with E-state index in [4.69, 9.17) is 0 Å². The predicted octanol–water partition coefficient (Wildman–Crippen LogP) is 4.43. The molecule has 0 unspecified atom stereocenters. The molecule has 1 rings (SSSR count). The largest absolute Gasteiger partial charge is 0.0990 e. The molecule has 0 aromatic rings. The molecule has 1 heteroatoms. The van der Waals surface area contributed by atoms with Crippen LogP contribution in [-0.2, 0) is 0 Å². The summed E-state index contributed by atoms with van der Waals surface area (Å²) in [7, 11) is 0. The first kappa shape index (κ1) is 10.4. The average molecular weight is 192 g/mol. The molecule has 0 amide bonds. The lowest BCUT2D eigenvalue weighted by molar-refractivity contribution is 1.15. The van der Waals surface area contributed by atoms with Gasteiger partial charge in [0.25, 0.3) is 0 Å². The Balaban J connectivity index is 2.69. The molecule has 0 aromatic heterocycles. The summed E-state index contributed by atoms with van der Waals surface area (Å²) < 4.78 is 0. The first-order valence-corrected chi connectivity index (χ1v) is 5.29. The third-order valence-corrected chi connectivity index (χ3v) is 3.11. The highest BCUT2D eigenvalue weighted by atomic mass is 32.2. The van der Waals surface area contributed by atoms with Crippen LogP contribution in [0, 0.1) is 0 Å². The maximum atomic E-state index is 3.69. The van der Waals surface area contributed by atoms with Crippen LogP contribution in [0.4, 0.5) is 0 Å².